The fourth-order valence-corrected chi connectivity index (χ4v) is 1.46. The summed E-state index contributed by atoms with van der Waals surface area (Å²) in [7, 11) is 0. The summed E-state index contributed by atoms with van der Waals surface area (Å²) in [5, 5.41) is 17.6. The fraction of sp³-hybridized carbons (Fsp3) is 0.125. The maximum Gasteiger partial charge on any atom is 0.446 e. The van der Waals surface area contributed by atoms with Crippen LogP contribution in [0.5, 0.6) is 5.75 Å². The lowest BCUT2D eigenvalue weighted by molar-refractivity contribution is -0.0328. The van der Waals surface area contributed by atoms with E-state index < -0.39 is 34.6 Å². The summed E-state index contributed by atoms with van der Waals surface area (Å²) in [6, 6.07) is 2.69. The first-order chi connectivity index (χ1) is 6.79. The molecule has 1 aromatic rings. The molecule has 0 radical (unpaired) electrons. The van der Waals surface area contributed by atoms with Crippen LogP contribution in [0.3, 0.4) is 0 Å². The van der Waals surface area contributed by atoms with Crippen molar-refractivity contribution in [2.45, 2.75) is 10.4 Å². The fourth-order valence-electron chi connectivity index (χ4n) is 0.884. The van der Waals surface area contributed by atoms with E-state index in [2.05, 4.69) is 0 Å². The minimum absolute atomic E-state index is 0.280. The van der Waals surface area contributed by atoms with Crippen LogP contribution in [0.2, 0.25) is 0 Å². The van der Waals surface area contributed by atoms with Gasteiger partial charge in [0.15, 0.2) is 0 Å². The highest BCUT2D eigenvalue weighted by atomic mass is 32.2. The molecule has 0 aliphatic rings. The normalized spacial score (nSPS) is 11.4. The molecule has 0 saturated carbocycles. The number of hydrogen-bond donors (Lipinski definition) is 2. The van der Waals surface area contributed by atoms with Gasteiger partial charge >= 0.3 is 11.5 Å². The number of aromatic hydroxyl groups is 1. The Bertz CT molecular complexity index is 389. The van der Waals surface area contributed by atoms with E-state index in [1.54, 1.807) is 0 Å². The van der Waals surface area contributed by atoms with Crippen molar-refractivity contribution in [3.8, 4) is 5.75 Å². The average molecular weight is 238 g/mol. The second-order valence-corrected chi connectivity index (χ2v) is 3.67. The predicted octanol–water partition coefficient (Wildman–Crippen LogP) is 2.70. The number of benzene rings is 1. The number of carbonyl (C=O) groups is 1. The van der Waals surface area contributed by atoms with Gasteiger partial charge in [-0.05, 0) is 30.0 Å². The first-order valence-corrected chi connectivity index (χ1v) is 4.43. The summed E-state index contributed by atoms with van der Waals surface area (Å²) >= 11 is -0.433. The minimum atomic E-state index is -4.48. The molecule has 0 amide bonds. The van der Waals surface area contributed by atoms with Crippen LogP contribution in [0.15, 0.2) is 23.1 Å². The molecule has 0 fully saturated rings. The summed E-state index contributed by atoms with van der Waals surface area (Å²) in [5.74, 6) is -2.04. The van der Waals surface area contributed by atoms with E-state index in [4.69, 9.17) is 10.2 Å². The molecule has 0 bridgehead atoms. The lowest BCUT2D eigenvalue weighted by atomic mass is 10.2. The van der Waals surface area contributed by atoms with E-state index in [0.717, 1.165) is 18.2 Å². The third kappa shape index (κ3) is 3.35. The molecule has 0 saturated heterocycles. The van der Waals surface area contributed by atoms with Crippen LogP contribution in [0.1, 0.15) is 10.4 Å². The van der Waals surface area contributed by atoms with Crippen LogP contribution in [-0.4, -0.2) is 21.7 Å². The van der Waals surface area contributed by atoms with E-state index in [1.807, 2.05) is 0 Å². The van der Waals surface area contributed by atoms with Crippen LogP contribution in [0.25, 0.3) is 0 Å². The quantitative estimate of drug-likeness (QED) is 0.778. The van der Waals surface area contributed by atoms with Crippen molar-refractivity contribution < 1.29 is 28.2 Å². The smallest absolute Gasteiger partial charge is 0.446 e. The maximum absolute atomic E-state index is 11.9. The Labute approximate surface area is 86.5 Å². The predicted molar refractivity (Wildman–Crippen MR) is 47.0 cm³/mol. The zero-order valence-electron chi connectivity index (χ0n) is 7.08. The summed E-state index contributed by atoms with van der Waals surface area (Å²) in [6.45, 7) is 0. The summed E-state index contributed by atoms with van der Waals surface area (Å²) in [5.41, 5.74) is -5.03. The Morgan fingerprint density at radius 1 is 1.33 bits per heavy atom. The molecule has 0 aliphatic heterocycles. The Balaban J connectivity index is 3.03. The molecular weight excluding hydrogens is 233 g/mol. The van der Waals surface area contributed by atoms with Crippen molar-refractivity contribution in [3.63, 3.8) is 0 Å². The number of hydrogen-bond acceptors (Lipinski definition) is 3. The topological polar surface area (TPSA) is 57.5 Å². The van der Waals surface area contributed by atoms with Gasteiger partial charge in [-0.2, -0.15) is 13.2 Å². The third-order valence-corrected chi connectivity index (χ3v) is 2.15. The van der Waals surface area contributed by atoms with E-state index in [-0.39, 0.29) is 4.90 Å². The standard InChI is InChI=1S/C8H5F3O3S/c9-8(10,11)15-4-1-2-6(12)5(3-4)7(13)14/h1-3,12H,(H,13,14). The van der Waals surface area contributed by atoms with E-state index >= 15 is 0 Å². The van der Waals surface area contributed by atoms with Gasteiger partial charge < -0.3 is 10.2 Å². The first kappa shape index (κ1) is 11.7. The number of alkyl halides is 3. The van der Waals surface area contributed by atoms with Crippen molar-refractivity contribution >= 4 is 17.7 Å². The van der Waals surface area contributed by atoms with Gasteiger partial charge in [-0.25, -0.2) is 4.79 Å². The lowest BCUT2D eigenvalue weighted by Crippen LogP contribution is -2.01. The third-order valence-electron chi connectivity index (χ3n) is 1.43. The van der Waals surface area contributed by atoms with Gasteiger partial charge in [0.05, 0.1) is 0 Å². The van der Waals surface area contributed by atoms with Gasteiger partial charge in [0.25, 0.3) is 0 Å². The van der Waals surface area contributed by atoms with Crippen LogP contribution in [0, 0.1) is 0 Å². The van der Waals surface area contributed by atoms with Gasteiger partial charge in [0.2, 0.25) is 0 Å². The molecule has 15 heavy (non-hydrogen) atoms. The lowest BCUT2D eigenvalue weighted by Gasteiger charge is -2.06. The highest BCUT2D eigenvalue weighted by Crippen LogP contribution is 2.38. The Morgan fingerprint density at radius 2 is 1.93 bits per heavy atom. The Kier molecular flexibility index (Phi) is 3.13. The van der Waals surface area contributed by atoms with Gasteiger partial charge in [-0.3, -0.25) is 0 Å². The zero-order valence-corrected chi connectivity index (χ0v) is 7.89. The molecular formula is C8H5F3O3S. The molecule has 0 heterocycles. The average Bonchev–Trinajstić information content (AvgIpc) is 2.05. The van der Waals surface area contributed by atoms with Gasteiger partial charge in [0, 0.05) is 4.90 Å². The molecule has 1 rings (SSSR count). The molecule has 82 valence electrons. The van der Waals surface area contributed by atoms with Crippen molar-refractivity contribution in [2.24, 2.45) is 0 Å². The number of carboxylic acid groups (broad SMARTS) is 1. The Morgan fingerprint density at radius 3 is 2.40 bits per heavy atom. The van der Waals surface area contributed by atoms with Crippen LogP contribution in [0.4, 0.5) is 13.2 Å². The summed E-state index contributed by atoms with van der Waals surface area (Å²) < 4.78 is 35.8. The van der Waals surface area contributed by atoms with Gasteiger partial charge in [0.1, 0.15) is 11.3 Å². The number of aromatic carboxylic acids is 1. The second-order valence-electron chi connectivity index (χ2n) is 2.53. The monoisotopic (exact) mass is 238 g/mol. The zero-order chi connectivity index (χ0) is 11.6. The van der Waals surface area contributed by atoms with Crippen molar-refractivity contribution in [2.75, 3.05) is 0 Å². The minimum Gasteiger partial charge on any atom is -0.507 e. The number of halogens is 3. The number of thioether (sulfide) groups is 1. The van der Waals surface area contributed by atoms with Crippen molar-refractivity contribution in [1.29, 1.82) is 0 Å². The van der Waals surface area contributed by atoms with Gasteiger partial charge in [-0.15, -0.1) is 0 Å². The van der Waals surface area contributed by atoms with Gasteiger partial charge in [-0.1, -0.05) is 0 Å². The van der Waals surface area contributed by atoms with E-state index in [9.17, 15) is 18.0 Å². The SMILES string of the molecule is O=C(O)c1cc(SC(F)(F)F)ccc1O. The van der Waals surface area contributed by atoms with Crippen LogP contribution in [-0.2, 0) is 0 Å². The molecule has 0 aromatic heterocycles. The number of carboxylic acids is 1. The van der Waals surface area contributed by atoms with E-state index in [1.165, 1.54) is 0 Å². The second kappa shape index (κ2) is 4.01. The Hall–Kier alpha value is -1.37. The molecule has 0 aliphatic carbocycles. The number of phenols is 1. The molecule has 2 N–H and O–H groups in total. The van der Waals surface area contributed by atoms with Crippen molar-refractivity contribution in [1.82, 2.24) is 0 Å². The molecule has 7 heteroatoms. The molecule has 3 nitrogen and oxygen atoms in total. The summed E-state index contributed by atoms with van der Waals surface area (Å²) in [4.78, 5) is 10.2. The molecule has 0 unspecified atom stereocenters. The molecule has 1 aromatic carbocycles. The van der Waals surface area contributed by atoms with Crippen LogP contribution >= 0.6 is 11.8 Å². The largest absolute Gasteiger partial charge is 0.507 e. The van der Waals surface area contributed by atoms with Crippen molar-refractivity contribution in [3.05, 3.63) is 23.8 Å². The summed E-state index contributed by atoms with van der Waals surface area (Å²) in [6.07, 6.45) is 0. The van der Waals surface area contributed by atoms with Crippen LogP contribution < -0.4 is 0 Å². The highest BCUT2D eigenvalue weighted by molar-refractivity contribution is 8.00. The highest BCUT2D eigenvalue weighted by Gasteiger charge is 2.29. The maximum atomic E-state index is 11.9. The first-order valence-electron chi connectivity index (χ1n) is 3.61. The molecule has 0 spiro atoms. The number of rotatable bonds is 2. The van der Waals surface area contributed by atoms with E-state index in [0.29, 0.717) is 0 Å². The molecule has 0 atom stereocenters.